The molecule has 2 rings (SSSR count). The van der Waals surface area contributed by atoms with Crippen LogP contribution in [0.2, 0.25) is 0 Å². The molecule has 1 aliphatic rings. The summed E-state index contributed by atoms with van der Waals surface area (Å²) in [6, 6.07) is 6.04. The first-order valence-corrected chi connectivity index (χ1v) is 7.93. The summed E-state index contributed by atoms with van der Waals surface area (Å²) in [5.41, 5.74) is 0.549. The van der Waals surface area contributed by atoms with Gasteiger partial charge in [0.1, 0.15) is 5.82 Å². The van der Waals surface area contributed by atoms with Crippen LogP contribution in [0.4, 0.5) is 9.18 Å². The maximum absolute atomic E-state index is 14.1. The van der Waals surface area contributed by atoms with Crippen molar-refractivity contribution < 1.29 is 14.3 Å². The van der Waals surface area contributed by atoms with Crippen LogP contribution < -0.4 is 5.32 Å². The molecule has 0 saturated heterocycles. The van der Waals surface area contributed by atoms with Gasteiger partial charge < -0.3 is 15.3 Å². The summed E-state index contributed by atoms with van der Waals surface area (Å²) < 4.78 is 14.1. The number of halogens is 1. The molecule has 1 saturated carbocycles. The lowest BCUT2D eigenvalue weighted by molar-refractivity contribution is 0.140. The Morgan fingerprint density at radius 1 is 1.41 bits per heavy atom. The minimum atomic E-state index is -0.589. The molecule has 0 aliphatic heterocycles. The number of rotatable bonds is 5. The molecular formula is C17H25FN2O2. The van der Waals surface area contributed by atoms with Crippen molar-refractivity contribution >= 4 is 6.03 Å². The summed E-state index contributed by atoms with van der Waals surface area (Å²) in [6.45, 7) is 1.88. The number of hydrogen-bond acceptors (Lipinski definition) is 2. The van der Waals surface area contributed by atoms with Gasteiger partial charge in [0, 0.05) is 19.2 Å². The molecule has 122 valence electrons. The van der Waals surface area contributed by atoms with E-state index in [1.54, 1.807) is 32.2 Å². The lowest BCUT2D eigenvalue weighted by Gasteiger charge is -2.28. The Labute approximate surface area is 131 Å². The van der Waals surface area contributed by atoms with Gasteiger partial charge >= 0.3 is 6.03 Å². The molecule has 1 aromatic carbocycles. The Morgan fingerprint density at radius 2 is 2.05 bits per heavy atom. The van der Waals surface area contributed by atoms with Crippen LogP contribution in [0.25, 0.3) is 0 Å². The normalized spacial score (nSPS) is 18.0. The number of amides is 2. The summed E-state index contributed by atoms with van der Waals surface area (Å²) in [4.78, 5) is 13.7. The van der Waals surface area contributed by atoms with E-state index in [1.807, 2.05) is 0 Å². The SMILES string of the molecule is CC(O)CN(C)C(=O)NC(c1ccccc1F)C1CCCC1. The van der Waals surface area contributed by atoms with Gasteiger partial charge in [-0.3, -0.25) is 0 Å². The summed E-state index contributed by atoms with van der Waals surface area (Å²) in [5, 5.41) is 12.4. The minimum Gasteiger partial charge on any atom is -0.392 e. The monoisotopic (exact) mass is 308 g/mol. The topological polar surface area (TPSA) is 52.6 Å². The highest BCUT2D eigenvalue weighted by molar-refractivity contribution is 5.74. The number of nitrogens with zero attached hydrogens (tertiary/aromatic N) is 1. The largest absolute Gasteiger partial charge is 0.392 e. The second-order valence-corrected chi connectivity index (χ2v) is 6.22. The van der Waals surface area contributed by atoms with Crippen LogP contribution in [0.1, 0.15) is 44.2 Å². The van der Waals surface area contributed by atoms with Crippen LogP contribution in [0.15, 0.2) is 24.3 Å². The van der Waals surface area contributed by atoms with Crippen LogP contribution in [-0.4, -0.2) is 35.7 Å². The average molecular weight is 308 g/mol. The molecule has 1 aromatic rings. The highest BCUT2D eigenvalue weighted by Crippen LogP contribution is 2.36. The summed E-state index contributed by atoms with van der Waals surface area (Å²) in [5.74, 6) is -0.0151. The zero-order valence-corrected chi connectivity index (χ0v) is 13.3. The third-order valence-corrected chi connectivity index (χ3v) is 4.28. The molecule has 0 bridgehead atoms. The molecule has 0 aromatic heterocycles. The van der Waals surface area contributed by atoms with Gasteiger partial charge in [-0.05, 0) is 31.7 Å². The predicted octanol–water partition coefficient (Wildman–Crippen LogP) is 3.08. The fourth-order valence-corrected chi connectivity index (χ4v) is 3.19. The molecule has 2 N–H and O–H groups in total. The zero-order chi connectivity index (χ0) is 16.1. The predicted molar refractivity (Wildman–Crippen MR) is 83.9 cm³/mol. The molecular weight excluding hydrogens is 283 g/mol. The smallest absolute Gasteiger partial charge is 0.317 e. The summed E-state index contributed by atoms with van der Waals surface area (Å²) in [7, 11) is 1.63. The Balaban J connectivity index is 2.15. The summed E-state index contributed by atoms with van der Waals surface area (Å²) in [6.07, 6.45) is 3.65. The van der Waals surface area contributed by atoms with Crippen molar-refractivity contribution in [3.05, 3.63) is 35.6 Å². The second kappa shape index (κ2) is 7.58. The van der Waals surface area contributed by atoms with Crippen molar-refractivity contribution in [1.82, 2.24) is 10.2 Å². The molecule has 1 fully saturated rings. The number of hydrogen-bond donors (Lipinski definition) is 2. The van der Waals surface area contributed by atoms with Gasteiger partial charge in [0.25, 0.3) is 0 Å². The molecule has 2 amide bonds. The second-order valence-electron chi connectivity index (χ2n) is 6.22. The standard InChI is InChI=1S/C17H25FN2O2/c1-12(21)11-20(2)17(22)19-16(13-7-3-4-8-13)14-9-5-6-10-15(14)18/h5-6,9-10,12-13,16,21H,3-4,7-8,11H2,1-2H3,(H,19,22). The van der Waals surface area contributed by atoms with E-state index in [9.17, 15) is 14.3 Å². The fourth-order valence-electron chi connectivity index (χ4n) is 3.19. The van der Waals surface area contributed by atoms with E-state index in [-0.39, 0.29) is 30.4 Å². The van der Waals surface area contributed by atoms with E-state index in [0.29, 0.717) is 5.56 Å². The first-order chi connectivity index (χ1) is 10.5. The summed E-state index contributed by atoms with van der Waals surface area (Å²) >= 11 is 0. The minimum absolute atomic E-state index is 0.250. The molecule has 5 heteroatoms. The maximum atomic E-state index is 14.1. The Hall–Kier alpha value is -1.62. The van der Waals surface area contributed by atoms with E-state index in [4.69, 9.17) is 0 Å². The van der Waals surface area contributed by atoms with Crippen LogP contribution in [0.3, 0.4) is 0 Å². The van der Waals surface area contributed by atoms with Crippen LogP contribution in [-0.2, 0) is 0 Å². The van der Waals surface area contributed by atoms with Gasteiger partial charge in [-0.25, -0.2) is 9.18 Å². The third-order valence-electron chi connectivity index (χ3n) is 4.28. The number of aliphatic hydroxyl groups is 1. The first-order valence-electron chi connectivity index (χ1n) is 7.93. The first kappa shape index (κ1) is 16.7. The van der Waals surface area contributed by atoms with Crippen LogP contribution in [0.5, 0.6) is 0 Å². The Kier molecular flexibility index (Phi) is 5.77. The van der Waals surface area contributed by atoms with Gasteiger partial charge in [-0.1, -0.05) is 31.0 Å². The van der Waals surface area contributed by atoms with E-state index in [1.165, 1.54) is 11.0 Å². The average Bonchev–Trinajstić information content (AvgIpc) is 2.98. The number of carbonyl (C=O) groups is 1. The molecule has 2 unspecified atom stereocenters. The van der Waals surface area contributed by atoms with Gasteiger partial charge in [-0.2, -0.15) is 0 Å². The maximum Gasteiger partial charge on any atom is 0.317 e. The molecule has 4 nitrogen and oxygen atoms in total. The molecule has 0 heterocycles. The molecule has 0 radical (unpaired) electrons. The fraction of sp³-hybridized carbons (Fsp3) is 0.588. The van der Waals surface area contributed by atoms with Crippen LogP contribution in [0, 0.1) is 11.7 Å². The number of nitrogens with one attached hydrogen (secondary N) is 1. The number of benzene rings is 1. The third kappa shape index (κ3) is 4.19. The van der Waals surface area contributed by atoms with E-state index in [2.05, 4.69) is 5.32 Å². The Morgan fingerprint density at radius 3 is 2.64 bits per heavy atom. The van der Waals surface area contributed by atoms with Crippen molar-refractivity contribution in [1.29, 1.82) is 0 Å². The lowest BCUT2D eigenvalue weighted by atomic mass is 9.91. The number of aliphatic hydroxyl groups excluding tert-OH is 1. The lowest BCUT2D eigenvalue weighted by Crippen LogP contribution is -2.43. The number of urea groups is 1. The van der Waals surface area contributed by atoms with Crippen molar-refractivity contribution in [3.63, 3.8) is 0 Å². The number of carbonyl (C=O) groups excluding carboxylic acids is 1. The van der Waals surface area contributed by atoms with Gasteiger partial charge in [0.05, 0.1) is 12.1 Å². The van der Waals surface area contributed by atoms with E-state index >= 15 is 0 Å². The van der Waals surface area contributed by atoms with Crippen molar-refractivity contribution in [2.45, 2.75) is 44.8 Å². The number of likely N-dealkylation sites (N-methyl/N-ethyl adjacent to an activating group) is 1. The van der Waals surface area contributed by atoms with Crippen molar-refractivity contribution in [3.8, 4) is 0 Å². The van der Waals surface area contributed by atoms with Crippen LogP contribution >= 0.6 is 0 Å². The van der Waals surface area contributed by atoms with E-state index < -0.39 is 6.10 Å². The quantitative estimate of drug-likeness (QED) is 0.878. The molecule has 2 atom stereocenters. The highest BCUT2D eigenvalue weighted by atomic mass is 19.1. The van der Waals surface area contributed by atoms with Gasteiger partial charge in [0.2, 0.25) is 0 Å². The Bertz CT molecular complexity index is 501. The molecule has 0 spiro atoms. The van der Waals surface area contributed by atoms with Crippen molar-refractivity contribution in [2.75, 3.05) is 13.6 Å². The molecule has 1 aliphatic carbocycles. The zero-order valence-electron chi connectivity index (χ0n) is 13.3. The van der Waals surface area contributed by atoms with Crippen molar-refractivity contribution in [2.24, 2.45) is 5.92 Å². The van der Waals surface area contributed by atoms with Gasteiger partial charge in [-0.15, -0.1) is 0 Å². The van der Waals surface area contributed by atoms with E-state index in [0.717, 1.165) is 25.7 Å². The highest BCUT2D eigenvalue weighted by Gasteiger charge is 2.30. The van der Waals surface area contributed by atoms with Gasteiger partial charge in [0.15, 0.2) is 0 Å². The molecule has 22 heavy (non-hydrogen) atoms.